The Bertz CT molecular complexity index is 519. The molecule has 1 aromatic carbocycles. The van der Waals surface area contributed by atoms with Crippen molar-refractivity contribution in [3.8, 4) is 0 Å². The van der Waals surface area contributed by atoms with Gasteiger partial charge < -0.3 is 10.1 Å². The van der Waals surface area contributed by atoms with Crippen LogP contribution in [0.15, 0.2) is 24.3 Å². The molecular formula is C19H29FN2O2S. The molecule has 0 aromatic heterocycles. The van der Waals surface area contributed by atoms with Crippen LogP contribution in [-0.2, 0) is 9.53 Å². The van der Waals surface area contributed by atoms with Crippen LogP contribution in [0.1, 0.15) is 31.9 Å². The summed E-state index contributed by atoms with van der Waals surface area (Å²) in [5, 5.41) is 3.05. The summed E-state index contributed by atoms with van der Waals surface area (Å²) < 4.78 is 18.7. The predicted molar refractivity (Wildman–Crippen MR) is 101 cm³/mol. The SMILES string of the molecule is CC(C)CCSCC(=O)NCC(c1ccc(F)cc1)N1CCOCC1. The van der Waals surface area contributed by atoms with Crippen molar-refractivity contribution in [3.05, 3.63) is 35.6 Å². The first-order valence-corrected chi connectivity index (χ1v) is 10.1. The summed E-state index contributed by atoms with van der Waals surface area (Å²) >= 11 is 1.68. The zero-order valence-corrected chi connectivity index (χ0v) is 16.0. The molecule has 1 N–H and O–H groups in total. The number of ether oxygens (including phenoxy) is 1. The molecule has 1 aliphatic heterocycles. The first-order chi connectivity index (χ1) is 12.1. The number of nitrogens with zero attached hydrogens (tertiary/aromatic N) is 1. The first-order valence-electron chi connectivity index (χ1n) is 8.98. The van der Waals surface area contributed by atoms with Crippen molar-refractivity contribution < 1.29 is 13.9 Å². The van der Waals surface area contributed by atoms with Crippen molar-refractivity contribution in [1.29, 1.82) is 0 Å². The largest absolute Gasteiger partial charge is 0.379 e. The van der Waals surface area contributed by atoms with Crippen molar-refractivity contribution in [1.82, 2.24) is 10.2 Å². The van der Waals surface area contributed by atoms with Gasteiger partial charge in [-0.25, -0.2) is 4.39 Å². The quantitative estimate of drug-likeness (QED) is 0.680. The van der Waals surface area contributed by atoms with Crippen LogP contribution in [0.25, 0.3) is 0 Å². The van der Waals surface area contributed by atoms with E-state index in [2.05, 4.69) is 24.1 Å². The Labute approximate surface area is 154 Å². The highest BCUT2D eigenvalue weighted by Crippen LogP contribution is 2.21. The average Bonchev–Trinajstić information content (AvgIpc) is 2.61. The lowest BCUT2D eigenvalue weighted by Crippen LogP contribution is -2.44. The van der Waals surface area contributed by atoms with Crippen LogP contribution in [0.4, 0.5) is 4.39 Å². The van der Waals surface area contributed by atoms with E-state index in [9.17, 15) is 9.18 Å². The summed E-state index contributed by atoms with van der Waals surface area (Å²) in [5.41, 5.74) is 1.02. The first kappa shape index (κ1) is 20.2. The van der Waals surface area contributed by atoms with Gasteiger partial charge in [-0.3, -0.25) is 9.69 Å². The Balaban J connectivity index is 1.87. The molecule has 25 heavy (non-hydrogen) atoms. The summed E-state index contributed by atoms with van der Waals surface area (Å²) in [6, 6.07) is 6.62. The van der Waals surface area contributed by atoms with Crippen molar-refractivity contribution in [3.63, 3.8) is 0 Å². The fourth-order valence-electron chi connectivity index (χ4n) is 2.78. The second-order valence-corrected chi connectivity index (χ2v) is 7.86. The summed E-state index contributed by atoms with van der Waals surface area (Å²) in [6.07, 6.45) is 1.13. The van der Waals surface area contributed by atoms with E-state index >= 15 is 0 Å². The van der Waals surface area contributed by atoms with Crippen LogP contribution in [-0.4, -0.2) is 55.2 Å². The van der Waals surface area contributed by atoms with Crippen molar-refractivity contribution in [2.75, 3.05) is 44.4 Å². The number of benzene rings is 1. The Morgan fingerprint density at radius 1 is 1.28 bits per heavy atom. The van der Waals surface area contributed by atoms with E-state index in [0.29, 0.717) is 31.4 Å². The predicted octanol–water partition coefficient (Wildman–Crippen LogP) is 3.09. The molecule has 2 rings (SSSR count). The molecular weight excluding hydrogens is 339 g/mol. The van der Waals surface area contributed by atoms with Crippen LogP contribution in [0.2, 0.25) is 0 Å². The van der Waals surface area contributed by atoms with Crippen LogP contribution < -0.4 is 5.32 Å². The van der Waals surface area contributed by atoms with Crippen LogP contribution in [0.3, 0.4) is 0 Å². The van der Waals surface area contributed by atoms with Gasteiger partial charge in [0, 0.05) is 19.6 Å². The molecule has 0 radical (unpaired) electrons. The number of halogens is 1. The van der Waals surface area contributed by atoms with E-state index in [0.717, 1.165) is 30.8 Å². The number of rotatable bonds is 9. The highest BCUT2D eigenvalue weighted by molar-refractivity contribution is 7.99. The van der Waals surface area contributed by atoms with Gasteiger partial charge in [0.05, 0.1) is 25.0 Å². The van der Waals surface area contributed by atoms with Crippen LogP contribution >= 0.6 is 11.8 Å². The Morgan fingerprint density at radius 3 is 2.60 bits per heavy atom. The van der Waals surface area contributed by atoms with E-state index in [-0.39, 0.29) is 17.8 Å². The summed E-state index contributed by atoms with van der Waals surface area (Å²) in [5.74, 6) is 1.99. The summed E-state index contributed by atoms with van der Waals surface area (Å²) in [4.78, 5) is 14.4. The fraction of sp³-hybridized carbons (Fsp3) is 0.632. The molecule has 1 fully saturated rings. The highest BCUT2D eigenvalue weighted by Gasteiger charge is 2.23. The van der Waals surface area contributed by atoms with Gasteiger partial charge in [0.1, 0.15) is 5.82 Å². The summed E-state index contributed by atoms with van der Waals surface area (Å²) in [7, 11) is 0. The molecule has 0 bridgehead atoms. The van der Waals surface area contributed by atoms with Gasteiger partial charge in [0.25, 0.3) is 0 Å². The maximum absolute atomic E-state index is 13.2. The Morgan fingerprint density at radius 2 is 1.96 bits per heavy atom. The van der Waals surface area contributed by atoms with Crippen molar-refractivity contribution in [2.24, 2.45) is 5.92 Å². The fourth-order valence-corrected chi connectivity index (χ4v) is 3.85. The van der Waals surface area contributed by atoms with Gasteiger partial charge in [-0.05, 0) is 35.8 Å². The van der Waals surface area contributed by atoms with E-state index in [4.69, 9.17) is 4.74 Å². The molecule has 0 spiro atoms. The van der Waals surface area contributed by atoms with Crippen molar-refractivity contribution in [2.45, 2.75) is 26.3 Å². The van der Waals surface area contributed by atoms with Gasteiger partial charge in [-0.15, -0.1) is 0 Å². The third kappa shape index (κ3) is 7.34. The lowest BCUT2D eigenvalue weighted by Gasteiger charge is -2.35. The van der Waals surface area contributed by atoms with Gasteiger partial charge in [0.15, 0.2) is 0 Å². The molecule has 1 unspecified atom stereocenters. The maximum Gasteiger partial charge on any atom is 0.230 e. The van der Waals surface area contributed by atoms with E-state index < -0.39 is 0 Å². The van der Waals surface area contributed by atoms with E-state index in [1.165, 1.54) is 12.1 Å². The van der Waals surface area contributed by atoms with E-state index in [1.807, 2.05) is 0 Å². The maximum atomic E-state index is 13.2. The third-order valence-corrected chi connectivity index (χ3v) is 5.30. The molecule has 0 saturated carbocycles. The minimum atomic E-state index is -0.241. The number of carbonyl (C=O) groups is 1. The zero-order chi connectivity index (χ0) is 18.1. The number of morpholine rings is 1. The molecule has 1 amide bonds. The smallest absolute Gasteiger partial charge is 0.230 e. The number of carbonyl (C=O) groups excluding carboxylic acids is 1. The molecule has 4 nitrogen and oxygen atoms in total. The number of amides is 1. The second-order valence-electron chi connectivity index (χ2n) is 6.75. The minimum Gasteiger partial charge on any atom is -0.379 e. The van der Waals surface area contributed by atoms with Gasteiger partial charge in [0.2, 0.25) is 5.91 Å². The molecule has 1 aliphatic rings. The molecule has 0 aliphatic carbocycles. The number of nitrogens with one attached hydrogen (secondary N) is 1. The molecule has 1 atom stereocenters. The zero-order valence-electron chi connectivity index (χ0n) is 15.2. The molecule has 140 valence electrons. The molecule has 1 heterocycles. The number of hydrogen-bond acceptors (Lipinski definition) is 4. The Hall–Kier alpha value is -1.11. The standard InChI is InChI=1S/C19H29FN2O2S/c1-15(2)7-12-25-14-19(23)21-13-18(22-8-10-24-11-9-22)16-3-5-17(20)6-4-16/h3-6,15,18H,7-14H2,1-2H3,(H,21,23). The lowest BCUT2D eigenvalue weighted by molar-refractivity contribution is -0.118. The molecule has 6 heteroatoms. The van der Waals surface area contributed by atoms with Crippen LogP contribution in [0.5, 0.6) is 0 Å². The second kappa shape index (κ2) is 10.8. The lowest BCUT2D eigenvalue weighted by atomic mass is 10.0. The number of hydrogen-bond donors (Lipinski definition) is 1. The Kier molecular flexibility index (Phi) is 8.72. The molecule has 1 aromatic rings. The van der Waals surface area contributed by atoms with Gasteiger partial charge in [-0.1, -0.05) is 26.0 Å². The van der Waals surface area contributed by atoms with Gasteiger partial charge >= 0.3 is 0 Å². The highest BCUT2D eigenvalue weighted by atomic mass is 32.2. The van der Waals surface area contributed by atoms with Crippen molar-refractivity contribution >= 4 is 17.7 Å². The topological polar surface area (TPSA) is 41.6 Å². The average molecular weight is 369 g/mol. The third-order valence-electron chi connectivity index (χ3n) is 4.31. The monoisotopic (exact) mass is 368 g/mol. The summed E-state index contributed by atoms with van der Waals surface area (Å²) in [6.45, 7) is 7.94. The van der Waals surface area contributed by atoms with Gasteiger partial charge in [-0.2, -0.15) is 11.8 Å². The number of thioether (sulfide) groups is 1. The van der Waals surface area contributed by atoms with Crippen LogP contribution in [0, 0.1) is 11.7 Å². The normalized spacial score (nSPS) is 16.8. The molecule has 1 saturated heterocycles. The minimum absolute atomic E-state index is 0.0501. The van der Waals surface area contributed by atoms with E-state index in [1.54, 1.807) is 23.9 Å².